The van der Waals surface area contributed by atoms with Gasteiger partial charge in [-0.25, -0.2) is 0 Å². The van der Waals surface area contributed by atoms with Crippen LogP contribution in [0.4, 0.5) is 0 Å². The van der Waals surface area contributed by atoms with Crippen molar-refractivity contribution < 1.29 is 0 Å². The van der Waals surface area contributed by atoms with E-state index in [-0.39, 0.29) is 0 Å². The van der Waals surface area contributed by atoms with Gasteiger partial charge >= 0.3 is 0 Å². The molecule has 0 aromatic carbocycles. The van der Waals surface area contributed by atoms with Gasteiger partial charge in [-0.3, -0.25) is 0 Å². The summed E-state index contributed by atoms with van der Waals surface area (Å²) in [5.41, 5.74) is 0. The molecule has 1 heteroatoms. The van der Waals surface area contributed by atoms with Gasteiger partial charge in [-0.05, 0) is 43.7 Å². The minimum absolute atomic E-state index is 0.706. The Hall–Kier alpha value is -0.460. The van der Waals surface area contributed by atoms with Gasteiger partial charge in [0.25, 0.3) is 0 Å². The largest absolute Gasteiger partial charge is 0.389 e. The average molecular weight is 167 g/mol. The van der Waals surface area contributed by atoms with E-state index < -0.39 is 0 Å². The van der Waals surface area contributed by atoms with E-state index in [1.54, 1.807) is 0 Å². The van der Waals surface area contributed by atoms with Crippen LogP contribution in [0, 0.1) is 11.8 Å². The van der Waals surface area contributed by atoms with Crippen molar-refractivity contribution in [3.63, 3.8) is 0 Å². The summed E-state index contributed by atoms with van der Waals surface area (Å²) in [4.78, 5) is 0. The van der Waals surface area contributed by atoms with Gasteiger partial charge in [0, 0.05) is 6.04 Å². The maximum absolute atomic E-state index is 3.70. The van der Waals surface area contributed by atoms with Crippen LogP contribution >= 0.6 is 0 Å². The highest BCUT2D eigenvalue weighted by Crippen LogP contribution is 2.29. The van der Waals surface area contributed by atoms with E-state index >= 15 is 0 Å². The summed E-state index contributed by atoms with van der Waals surface area (Å²) in [5.74, 6) is 1.84. The monoisotopic (exact) mass is 167 g/mol. The molecule has 0 heterocycles. The molecule has 0 aliphatic heterocycles. The lowest BCUT2D eigenvalue weighted by molar-refractivity contribution is 0.248. The van der Waals surface area contributed by atoms with Crippen molar-refractivity contribution in [3.05, 3.63) is 12.8 Å². The van der Waals surface area contributed by atoms with E-state index in [0.29, 0.717) is 6.04 Å². The highest BCUT2D eigenvalue weighted by Gasteiger charge is 2.21. The van der Waals surface area contributed by atoms with E-state index in [0.717, 1.165) is 11.8 Å². The molecule has 0 bridgehead atoms. The Bertz CT molecular complexity index is 132. The van der Waals surface area contributed by atoms with Gasteiger partial charge in [-0.1, -0.05) is 20.4 Å². The Morgan fingerprint density at radius 1 is 1.25 bits per heavy atom. The Labute approximate surface area is 76.2 Å². The van der Waals surface area contributed by atoms with Crippen LogP contribution < -0.4 is 5.32 Å². The van der Waals surface area contributed by atoms with Crippen LogP contribution in [0.1, 0.15) is 39.5 Å². The third kappa shape index (κ3) is 2.54. The summed E-state index contributed by atoms with van der Waals surface area (Å²) in [6.45, 7) is 8.38. The second-order valence-electron chi connectivity index (χ2n) is 4.23. The zero-order valence-corrected chi connectivity index (χ0v) is 8.34. The van der Waals surface area contributed by atoms with Gasteiger partial charge in [-0.2, -0.15) is 0 Å². The first kappa shape index (κ1) is 9.63. The van der Waals surface area contributed by atoms with Crippen LogP contribution in [0.5, 0.6) is 0 Å². The van der Waals surface area contributed by atoms with Crippen molar-refractivity contribution in [2.24, 2.45) is 11.8 Å². The van der Waals surface area contributed by atoms with Crippen molar-refractivity contribution in [2.75, 3.05) is 0 Å². The summed E-state index contributed by atoms with van der Waals surface area (Å²) >= 11 is 0. The zero-order chi connectivity index (χ0) is 8.97. The van der Waals surface area contributed by atoms with Crippen molar-refractivity contribution in [1.82, 2.24) is 5.32 Å². The molecule has 1 aliphatic carbocycles. The molecule has 1 aliphatic rings. The second-order valence-corrected chi connectivity index (χ2v) is 4.23. The van der Waals surface area contributed by atoms with E-state index in [4.69, 9.17) is 0 Å². The van der Waals surface area contributed by atoms with Crippen molar-refractivity contribution in [1.29, 1.82) is 0 Å². The summed E-state index contributed by atoms with van der Waals surface area (Å²) in [6, 6.07) is 0.706. The molecule has 12 heavy (non-hydrogen) atoms. The van der Waals surface area contributed by atoms with Crippen LogP contribution in [0.15, 0.2) is 12.8 Å². The molecule has 0 atom stereocenters. The first-order valence-corrected chi connectivity index (χ1v) is 5.11. The van der Waals surface area contributed by atoms with E-state index in [1.807, 2.05) is 6.20 Å². The fourth-order valence-electron chi connectivity index (χ4n) is 2.12. The van der Waals surface area contributed by atoms with Crippen molar-refractivity contribution in [3.8, 4) is 0 Å². The SMILES string of the molecule is C=CNC1CCC(C(C)C)CC1. The minimum atomic E-state index is 0.706. The van der Waals surface area contributed by atoms with Crippen molar-refractivity contribution >= 4 is 0 Å². The van der Waals surface area contributed by atoms with Crippen molar-refractivity contribution in [2.45, 2.75) is 45.6 Å². The minimum Gasteiger partial charge on any atom is -0.389 e. The molecular formula is C11H21N. The number of hydrogen-bond acceptors (Lipinski definition) is 1. The molecule has 0 aromatic heterocycles. The first-order chi connectivity index (χ1) is 5.74. The number of rotatable bonds is 3. The molecule has 0 spiro atoms. The lowest BCUT2D eigenvalue weighted by atomic mass is 9.80. The second kappa shape index (κ2) is 4.54. The van der Waals surface area contributed by atoms with E-state index in [9.17, 15) is 0 Å². The summed E-state index contributed by atoms with van der Waals surface area (Å²) < 4.78 is 0. The summed E-state index contributed by atoms with van der Waals surface area (Å²) in [6.07, 6.45) is 7.27. The number of nitrogens with one attached hydrogen (secondary N) is 1. The fraction of sp³-hybridized carbons (Fsp3) is 0.818. The quantitative estimate of drug-likeness (QED) is 0.681. The first-order valence-electron chi connectivity index (χ1n) is 5.11. The molecule has 1 saturated carbocycles. The van der Waals surface area contributed by atoms with Crippen LogP contribution in [0.3, 0.4) is 0 Å². The molecule has 0 saturated heterocycles. The van der Waals surface area contributed by atoms with Gasteiger partial charge in [0.1, 0.15) is 0 Å². The smallest absolute Gasteiger partial charge is 0.0255 e. The Kier molecular flexibility index (Phi) is 3.64. The highest BCUT2D eigenvalue weighted by atomic mass is 14.9. The molecule has 70 valence electrons. The topological polar surface area (TPSA) is 12.0 Å². The van der Waals surface area contributed by atoms with Gasteiger partial charge in [0.05, 0.1) is 0 Å². The van der Waals surface area contributed by atoms with E-state index in [2.05, 4.69) is 25.7 Å². The third-order valence-corrected chi connectivity index (χ3v) is 3.07. The molecular weight excluding hydrogens is 146 g/mol. The lowest BCUT2D eigenvalue weighted by Crippen LogP contribution is -2.30. The molecule has 1 rings (SSSR count). The molecule has 0 unspecified atom stereocenters. The summed E-state index contributed by atoms with van der Waals surface area (Å²) in [5, 5.41) is 3.31. The standard InChI is InChI=1S/C11H21N/c1-4-12-11-7-5-10(6-8-11)9(2)3/h4,9-12H,1,5-8H2,2-3H3. The number of hydrogen-bond donors (Lipinski definition) is 1. The van der Waals surface area contributed by atoms with Crippen LogP contribution in [0.2, 0.25) is 0 Å². The van der Waals surface area contributed by atoms with Crippen LogP contribution in [0.25, 0.3) is 0 Å². The van der Waals surface area contributed by atoms with Gasteiger partial charge in [0.2, 0.25) is 0 Å². The maximum Gasteiger partial charge on any atom is 0.0255 e. The summed E-state index contributed by atoms with van der Waals surface area (Å²) in [7, 11) is 0. The highest BCUT2D eigenvalue weighted by molar-refractivity contribution is 4.81. The molecule has 1 nitrogen and oxygen atoms in total. The fourth-order valence-corrected chi connectivity index (χ4v) is 2.12. The Balaban J connectivity index is 2.24. The zero-order valence-electron chi connectivity index (χ0n) is 8.34. The normalized spacial score (nSPS) is 30.2. The Morgan fingerprint density at radius 3 is 2.25 bits per heavy atom. The maximum atomic E-state index is 3.70. The van der Waals surface area contributed by atoms with Gasteiger partial charge < -0.3 is 5.32 Å². The molecule has 1 fully saturated rings. The molecule has 0 amide bonds. The molecule has 1 N–H and O–H groups in total. The average Bonchev–Trinajstić information content (AvgIpc) is 2.06. The third-order valence-electron chi connectivity index (χ3n) is 3.07. The van der Waals surface area contributed by atoms with Crippen LogP contribution in [-0.4, -0.2) is 6.04 Å². The van der Waals surface area contributed by atoms with E-state index in [1.165, 1.54) is 25.7 Å². The predicted octanol–water partition coefficient (Wildman–Crippen LogP) is 2.93. The van der Waals surface area contributed by atoms with Gasteiger partial charge in [-0.15, -0.1) is 0 Å². The lowest BCUT2D eigenvalue weighted by Gasteiger charge is -2.30. The van der Waals surface area contributed by atoms with Gasteiger partial charge in [0.15, 0.2) is 0 Å². The molecule has 0 aromatic rings. The molecule has 0 radical (unpaired) electrons. The predicted molar refractivity (Wildman–Crippen MR) is 53.9 cm³/mol. The Morgan fingerprint density at radius 2 is 1.83 bits per heavy atom. The van der Waals surface area contributed by atoms with Crippen LogP contribution in [-0.2, 0) is 0 Å².